The van der Waals surface area contributed by atoms with Crippen LogP contribution < -0.4 is 38.1 Å². The number of urea groups is 1. The van der Waals surface area contributed by atoms with Gasteiger partial charge < -0.3 is 71.9 Å². The molecule has 26 heteroatoms. The Morgan fingerprint density at radius 3 is 1.99 bits per heavy atom. The normalized spacial score (nSPS) is 19.3. The van der Waals surface area contributed by atoms with Gasteiger partial charge in [-0.3, -0.25) is 38.5 Å². The third-order valence-corrected chi connectivity index (χ3v) is 19.7. The lowest BCUT2D eigenvalue weighted by Crippen LogP contribution is -2.60. The van der Waals surface area contributed by atoms with Crippen LogP contribution in [0.3, 0.4) is 0 Å². The molecule has 2 saturated heterocycles. The van der Waals surface area contributed by atoms with E-state index in [-0.39, 0.29) is 60.7 Å². The number of aromatic nitrogens is 1. The first-order valence-corrected chi connectivity index (χ1v) is 34.0. The summed E-state index contributed by atoms with van der Waals surface area (Å²) in [6.45, 7) is 19.0. The molecule has 0 bridgehead atoms. The van der Waals surface area contributed by atoms with Gasteiger partial charge in [-0.1, -0.05) is 113 Å². The summed E-state index contributed by atoms with van der Waals surface area (Å²) in [6.07, 6.45) is 6.99. The number of nitrogens with one attached hydrogen (secondary N) is 5. The van der Waals surface area contributed by atoms with Crippen molar-refractivity contribution in [2.75, 3.05) is 79.9 Å². The fourth-order valence-electron chi connectivity index (χ4n) is 13.0. The monoisotopic (exact) mass is 1310 g/mol. The summed E-state index contributed by atoms with van der Waals surface area (Å²) in [5, 5.41) is 17.1. The number of benzene rings is 1. The molecule has 1 aromatic carbocycles. The first-order chi connectivity index (χ1) is 43.6. The van der Waals surface area contributed by atoms with E-state index < -0.39 is 108 Å². The number of rotatable bonds is 33. The zero-order chi connectivity index (χ0) is 68.1. The van der Waals surface area contributed by atoms with E-state index in [9.17, 15) is 38.4 Å². The largest absolute Gasteiger partial charge is 0.431 e. The Kier molecular flexibility index (Phi) is 30.5. The summed E-state index contributed by atoms with van der Waals surface area (Å²) in [7, 11) is 8.11. The molecule has 12 atom stereocenters. The Morgan fingerprint density at radius 2 is 1.42 bits per heavy atom. The number of carbonyl (C=O) groups is 9. The van der Waals surface area contributed by atoms with Gasteiger partial charge in [-0.25, -0.2) is 14.6 Å². The van der Waals surface area contributed by atoms with E-state index in [1.54, 1.807) is 74.9 Å². The van der Waals surface area contributed by atoms with Gasteiger partial charge in [-0.15, -0.1) is 11.3 Å². The van der Waals surface area contributed by atoms with Crippen molar-refractivity contribution in [1.29, 1.82) is 0 Å². The Morgan fingerprint density at radius 1 is 0.761 bits per heavy atom. The average Bonchev–Trinajstić information content (AvgIpc) is 1.94. The zero-order valence-electron chi connectivity index (χ0n) is 57.1. The van der Waals surface area contributed by atoms with E-state index in [2.05, 4.69) is 36.5 Å². The van der Waals surface area contributed by atoms with Gasteiger partial charge >= 0.3 is 12.1 Å². The second-order valence-corrected chi connectivity index (χ2v) is 27.5. The minimum atomic E-state index is -1.48. The van der Waals surface area contributed by atoms with Gasteiger partial charge in [0.05, 0.1) is 48.7 Å². The van der Waals surface area contributed by atoms with Crippen LogP contribution in [0.25, 0.3) is 0 Å². The molecule has 1 saturated carbocycles. The Labute approximate surface area is 549 Å². The summed E-state index contributed by atoms with van der Waals surface area (Å²) in [5.41, 5.74) is 11.9. The standard InChI is InChI=1S/C66H109N13O12S/c1-15-42(8)55(50(89-13)38-51(80)79-31-20-24-49(79)56(90-14)43(9)58(81)73-48(62-69-30-36-92-62)37-44-21-17-16-18-22-44)76(11)63(85)53(40(4)5)74-61(84)54(41(6)7)77(12)66(88)91-57(64(86)78-34-32-75(10)33-35-78)45-25-27-46(28-26-45)71-59(82)47(23-19-29-70-65(68)87)72-60(83)52(67)39(2)3/h25-28,30,36,39-44,47-50,52-57H,15-24,29,31-35,37-38,67H2,1-14H3,(H,71,82)(H,72,83)(H,73,81)(H,74,84)(H3,68,70,87)/t42-,43+,47-,48-,49-,50+,52-,53-,54-,55-,56+,57?/m0/s1. The van der Waals surface area contributed by atoms with Crippen molar-refractivity contribution in [2.45, 2.75) is 200 Å². The van der Waals surface area contributed by atoms with E-state index in [1.165, 1.54) is 56.9 Å². The molecule has 25 nitrogen and oxygen atoms in total. The number of thiazole rings is 1. The second kappa shape index (κ2) is 36.8. The number of primary amides is 1. The van der Waals surface area contributed by atoms with E-state index in [0.29, 0.717) is 70.0 Å². The molecule has 0 spiro atoms. The van der Waals surface area contributed by atoms with E-state index >= 15 is 4.79 Å². The third-order valence-electron chi connectivity index (χ3n) is 18.8. The molecule has 9 N–H and O–H groups in total. The highest BCUT2D eigenvalue weighted by atomic mass is 32.1. The predicted octanol–water partition coefficient (Wildman–Crippen LogP) is 5.80. The number of methoxy groups -OCH3 is 2. The maximum absolute atomic E-state index is 15.0. The first-order valence-electron chi connectivity index (χ1n) is 33.2. The van der Waals surface area contributed by atoms with E-state index in [4.69, 9.17) is 25.7 Å². The number of hydrogen-bond donors (Lipinski definition) is 7. The van der Waals surface area contributed by atoms with Crippen molar-refractivity contribution in [2.24, 2.45) is 47.0 Å². The minimum Gasteiger partial charge on any atom is -0.431 e. The van der Waals surface area contributed by atoms with Gasteiger partial charge in [0.2, 0.25) is 41.5 Å². The Balaban J connectivity index is 1.31. The Bertz CT molecular complexity index is 2710. The molecule has 0 radical (unpaired) electrons. The molecule has 516 valence electrons. The molecule has 3 aliphatic rings. The molecule has 2 aromatic rings. The molecule has 10 amide bonds. The van der Waals surface area contributed by atoms with Crippen molar-refractivity contribution in [3.05, 3.63) is 46.4 Å². The quantitative estimate of drug-likeness (QED) is 0.0416. The number of likely N-dealkylation sites (N-methyl/N-ethyl adjacent to an activating group) is 3. The van der Waals surface area contributed by atoms with E-state index in [0.717, 1.165) is 29.2 Å². The number of carbonyl (C=O) groups excluding carboxylic acids is 9. The SMILES string of the molecule is CC[C@H](C)[C@@H]([C@@H](CC(=O)N1CCC[C@H]1[C@H](OC)[C@@H](C)C(=O)N[C@@H](CC1CCCCC1)c1nccs1)OC)N(C)C(=O)[C@@H](NC(=O)[C@H](C(C)C)N(C)C(=O)OC(C(=O)N1CCN(C)CC1)c1ccc(NC(=O)[C@H](CCCNC(N)=O)NC(=O)[C@@H](N)C(C)C)cc1)C(C)C. The lowest BCUT2D eigenvalue weighted by atomic mass is 9.84. The van der Waals surface area contributed by atoms with Gasteiger partial charge in [0.1, 0.15) is 23.1 Å². The molecule has 3 heterocycles. The summed E-state index contributed by atoms with van der Waals surface area (Å²) in [5.74, 6) is -4.44. The molecular weight excluding hydrogens is 1200 g/mol. The maximum Gasteiger partial charge on any atom is 0.411 e. The molecule has 1 aliphatic carbocycles. The van der Waals surface area contributed by atoms with Gasteiger partial charge in [-0.2, -0.15) is 0 Å². The number of likely N-dealkylation sites (tertiary alicyclic amines) is 1. The van der Waals surface area contributed by atoms with Crippen molar-refractivity contribution >= 4 is 70.5 Å². The molecule has 1 unspecified atom stereocenters. The van der Waals surface area contributed by atoms with Gasteiger partial charge in [0.25, 0.3) is 5.91 Å². The first kappa shape index (κ1) is 76.2. The fraction of sp³-hybridized carbons (Fsp3) is 0.727. The minimum absolute atomic E-state index is 0.0693. The number of nitrogens with zero attached hydrogens (tertiary/aromatic N) is 6. The van der Waals surface area contributed by atoms with Crippen LogP contribution >= 0.6 is 11.3 Å². The number of piperazine rings is 1. The number of amides is 10. The van der Waals surface area contributed by atoms with Crippen molar-refractivity contribution in [3.8, 4) is 0 Å². The van der Waals surface area contributed by atoms with Gasteiger partial charge in [0.15, 0.2) is 0 Å². The molecule has 2 aliphatic heterocycles. The molecule has 3 fully saturated rings. The van der Waals surface area contributed by atoms with E-state index in [1.807, 2.05) is 47.0 Å². The molecule has 92 heavy (non-hydrogen) atoms. The number of ether oxygens (including phenoxy) is 3. The van der Waals surface area contributed by atoms with Crippen LogP contribution in [0, 0.1) is 35.5 Å². The summed E-state index contributed by atoms with van der Waals surface area (Å²) in [4.78, 5) is 139. The zero-order valence-corrected chi connectivity index (χ0v) is 57.9. The highest BCUT2D eigenvalue weighted by molar-refractivity contribution is 7.09. The highest BCUT2D eigenvalue weighted by Gasteiger charge is 2.45. The molecule has 1 aromatic heterocycles. The van der Waals surface area contributed by atoms with Crippen LogP contribution in [0.1, 0.15) is 162 Å². The van der Waals surface area contributed by atoms with Crippen LogP contribution in [-0.2, 0) is 47.8 Å². The molecular formula is C66H109N13O12S. The predicted molar refractivity (Wildman–Crippen MR) is 353 cm³/mol. The number of hydrogen-bond acceptors (Lipinski definition) is 16. The number of anilines is 1. The number of nitrogens with two attached hydrogens (primary N) is 2. The summed E-state index contributed by atoms with van der Waals surface area (Å²) in [6, 6.07) is -0.0119. The fourth-order valence-corrected chi connectivity index (χ4v) is 13.7. The van der Waals surface area contributed by atoms with Crippen molar-refractivity contribution < 1.29 is 57.4 Å². The van der Waals surface area contributed by atoms with Crippen molar-refractivity contribution in [1.82, 2.24) is 50.8 Å². The van der Waals surface area contributed by atoms with Gasteiger partial charge in [-0.05, 0) is 80.9 Å². The van der Waals surface area contributed by atoms with Crippen molar-refractivity contribution in [3.63, 3.8) is 0 Å². The van der Waals surface area contributed by atoms with Crippen LogP contribution in [0.5, 0.6) is 0 Å². The Hall–Kier alpha value is -6.48. The maximum atomic E-state index is 15.0. The van der Waals surface area contributed by atoms with Crippen LogP contribution in [0.4, 0.5) is 15.3 Å². The summed E-state index contributed by atoms with van der Waals surface area (Å²) < 4.78 is 18.4. The topological polar surface area (TPSA) is 323 Å². The molecule has 5 rings (SSSR count). The summed E-state index contributed by atoms with van der Waals surface area (Å²) >= 11 is 1.54. The van der Waals surface area contributed by atoms with Crippen LogP contribution in [0.2, 0.25) is 0 Å². The van der Waals surface area contributed by atoms with Crippen LogP contribution in [-0.4, -0.2) is 206 Å². The average molecular weight is 1310 g/mol. The third kappa shape index (κ3) is 21.3. The lowest BCUT2D eigenvalue weighted by Gasteiger charge is -2.41. The highest BCUT2D eigenvalue weighted by Crippen LogP contribution is 2.35. The van der Waals surface area contributed by atoms with Crippen LogP contribution in [0.15, 0.2) is 35.8 Å². The second-order valence-electron chi connectivity index (χ2n) is 26.6. The van der Waals surface area contributed by atoms with Gasteiger partial charge in [0, 0.05) is 90.4 Å². The smallest absolute Gasteiger partial charge is 0.411 e. The lowest BCUT2D eigenvalue weighted by molar-refractivity contribution is -0.148.